The molecule has 0 spiro atoms. The molecular weight excluding hydrogens is 194 g/mol. The molecule has 2 rings (SSSR count). The summed E-state index contributed by atoms with van der Waals surface area (Å²) in [5.74, 6) is 0.936. The molecule has 1 atom stereocenters. The Morgan fingerprint density at radius 2 is 2.12 bits per heavy atom. The number of likely N-dealkylation sites (tertiary alicyclic amines) is 1. The van der Waals surface area contributed by atoms with Gasteiger partial charge in [0.05, 0.1) is 0 Å². The summed E-state index contributed by atoms with van der Waals surface area (Å²) in [4.78, 5) is 2.60. The fourth-order valence-corrected chi connectivity index (χ4v) is 2.65. The maximum Gasteiger partial charge on any atom is 0.0236 e. The second-order valence-electron chi connectivity index (χ2n) is 5.23. The van der Waals surface area contributed by atoms with Crippen molar-refractivity contribution in [3.8, 4) is 0 Å². The van der Waals surface area contributed by atoms with Crippen molar-refractivity contribution in [3.63, 3.8) is 0 Å². The van der Waals surface area contributed by atoms with Crippen LogP contribution in [-0.4, -0.2) is 18.0 Å². The van der Waals surface area contributed by atoms with Crippen molar-refractivity contribution in [3.05, 3.63) is 34.9 Å². The molecule has 1 saturated heterocycles. The highest BCUT2D eigenvalue weighted by molar-refractivity contribution is 5.30. The Labute approximate surface area is 99.5 Å². The van der Waals surface area contributed by atoms with Crippen molar-refractivity contribution in [1.82, 2.24) is 4.90 Å². The van der Waals surface area contributed by atoms with Gasteiger partial charge in [0.1, 0.15) is 0 Å². The first-order valence-corrected chi connectivity index (χ1v) is 6.47. The van der Waals surface area contributed by atoms with Gasteiger partial charge in [0, 0.05) is 13.1 Å². The van der Waals surface area contributed by atoms with E-state index in [0.29, 0.717) is 0 Å². The molecule has 0 saturated carbocycles. The Kier molecular flexibility index (Phi) is 3.65. The number of aryl methyl sites for hydroxylation is 2. The van der Waals surface area contributed by atoms with E-state index in [9.17, 15) is 0 Å². The monoisotopic (exact) mass is 217 g/mol. The Balaban J connectivity index is 1.99. The Morgan fingerprint density at radius 3 is 2.75 bits per heavy atom. The second-order valence-corrected chi connectivity index (χ2v) is 5.23. The van der Waals surface area contributed by atoms with E-state index in [0.717, 1.165) is 12.5 Å². The molecule has 1 aromatic rings. The van der Waals surface area contributed by atoms with E-state index in [2.05, 4.69) is 43.9 Å². The summed E-state index contributed by atoms with van der Waals surface area (Å²) in [6.07, 6.45) is 2.73. The van der Waals surface area contributed by atoms with E-state index in [1.54, 1.807) is 0 Å². The van der Waals surface area contributed by atoms with Crippen LogP contribution in [0.5, 0.6) is 0 Å². The zero-order valence-corrected chi connectivity index (χ0v) is 10.8. The van der Waals surface area contributed by atoms with Gasteiger partial charge in [-0.15, -0.1) is 0 Å². The minimum absolute atomic E-state index is 0.936. The molecule has 0 radical (unpaired) electrons. The SMILES string of the molecule is CCC1CCN(Cc2ccc(C)cc2C)C1. The third-order valence-corrected chi connectivity index (χ3v) is 3.84. The van der Waals surface area contributed by atoms with Gasteiger partial charge in [-0.1, -0.05) is 37.1 Å². The van der Waals surface area contributed by atoms with Crippen LogP contribution < -0.4 is 0 Å². The average molecular weight is 217 g/mol. The molecule has 0 amide bonds. The van der Waals surface area contributed by atoms with Crippen molar-refractivity contribution < 1.29 is 0 Å². The minimum Gasteiger partial charge on any atom is -0.299 e. The molecule has 16 heavy (non-hydrogen) atoms. The molecular formula is C15H23N. The van der Waals surface area contributed by atoms with Gasteiger partial charge in [0.2, 0.25) is 0 Å². The van der Waals surface area contributed by atoms with Gasteiger partial charge in [-0.25, -0.2) is 0 Å². The van der Waals surface area contributed by atoms with Gasteiger partial charge in [-0.3, -0.25) is 4.90 Å². The lowest BCUT2D eigenvalue weighted by Gasteiger charge is -2.17. The first kappa shape index (κ1) is 11.7. The van der Waals surface area contributed by atoms with E-state index in [1.165, 1.54) is 42.6 Å². The number of benzene rings is 1. The van der Waals surface area contributed by atoms with Crippen LogP contribution >= 0.6 is 0 Å². The van der Waals surface area contributed by atoms with Crippen LogP contribution in [-0.2, 0) is 6.54 Å². The highest BCUT2D eigenvalue weighted by Gasteiger charge is 2.20. The van der Waals surface area contributed by atoms with Crippen LogP contribution in [0.2, 0.25) is 0 Å². The lowest BCUT2D eigenvalue weighted by molar-refractivity contribution is 0.314. The molecule has 1 aromatic carbocycles. The van der Waals surface area contributed by atoms with E-state index in [-0.39, 0.29) is 0 Å². The van der Waals surface area contributed by atoms with Gasteiger partial charge in [0.25, 0.3) is 0 Å². The molecule has 1 aliphatic heterocycles. The fourth-order valence-electron chi connectivity index (χ4n) is 2.65. The average Bonchev–Trinajstić information content (AvgIpc) is 2.70. The van der Waals surface area contributed by atoms with Crippen LogP contribution in [0, 0.1) is 19.8 Å². The Bertz CT molecular complexity index is 356. The molecule has 1 aliphatic rings. The van der Waals surface area contributed by atoms with E-state index in [1.807, 2.05) is 0 Å². The molecule has 1 fully saturated rings. The highest BCUT2D eigenvalue weighted by atomic mass is 15.1. The zero-order chi connectivity index (χ0) is 11.5. The van der Waals surface area contributed by atoms with Crippen molar-refractivity contribution in [2.45, 2.75) is 40.2 Å². The first-order chi connectivity index (χ1) is 7.69. The summed E-state index contributed by atoms with van der Waals surface area (Å²) < 4.78 is 0. The number of hydrogen-bond acceptors (Lipinski definition) is 1. The first-order valence-electron chi connectivity index (χ1n) is 6.47. The van der Waals surface area contributed by atoms with E-state index >= 15 is 0 Å². The normalized spacial score (nSPS) is 21.6. The summed E-state index contributed by atoms with van der Waals surface area (Å²) in [7, 11) is 0. The predicted octanol–water partition coefficient (Wildman–Crippen LogP) is 3.54. The fraction of sp³-hybridized carbons (Fsp3) is 0.600. The second kappa shape index (κ2) is 5.01. The predicted molar refractivity (Wildman–Crippen MR) is 69.6 cm³/mol. The molecule has 1 heteroatoms. The summed E-state index contributed by atoms with van der Waals surface area (Å²) in [6.45, 7) is 10.4. The van der Waals surface area contributed by atoms with Crippen LogP contribution in [0.4, 0.5) is 0 Å². The summed E-state index contributed by atoms with van der Waals surface area (Å²) in [6, 6.07) is 6.82. The highest BCUT2D eigenvalue weighted by Crippen LogP contribution is 2.22. The quantitative estimate of drug-likeness (QED) is 0.748. The molecule has 0 N–H and O–H groups in total. The van der Waals surface area contributed by atoms with Crippen LogP contribution in [0.25, 0.3) is 0 Å². The van der Waals surface area contributed by atoms with Gasteiger partial charge >= 0.3 is 0 Å². The van der Waals surface area contributed by atoms with Crippen molar-refractivity contribution in [2.75, 3.05) is 13.1 Å². The van der Waals surface area contributed by atoms with Crippen molar-refractivity contribution in [2.24, 2.45) is 5.92 Å². The largest absolute Gasteiger partial charge is 0.299 e. The maximum absolute atomic E-state index is 2.60. The summed E-state index contributed by atoms with van der Waals surface area (Å²) >= 11 is 0. The third-order valence-electron chi connectivity index (χ3n) is 3.84. The molecule has 0 bridgehead atoms. The Hall–Kier alpha value is -0.820. The van der Waals surface area contributed by atoms with Gasteiger partial charge in [-0.05, 0) is 43.9 Å². The van der Waals surface area contributed by atoms with Crippen LogP contribution in [0.3, 0.4) is 0 Å². The molecule has 1 heterocycles. The lowest BCUT2D eigenvalue weighted by atomic mass is 10.1. The molecule has 88 valence electrons. The van der Waals surface area contributed by atoms with Crippen LogP contribution in [0.15, 0.2) is 18.2 Å². The molecule has 0 aliphatic carbocycles. The van der Waals surface area contributed by atoms with Crippen LogP contribution in [0.1, 0.15) is 36.5 Å². The molecule has 0 aromatic heterocycles. The van der Waals surface area contributed by atoms with Crippen molar-refractivity contribution >= 4 is 0 Å². The molecule has 1 nitrogen and oxygen atoms in total. The van der Waals surface area contributed by atoms with Gasteiger partial charge in [0.15, 0.2) is 0 Å². The smallest absolute Gasteiger partial charge is 0.0236 e. The maximum atomic E-state index is 2.60. The minimum atomic E-state index is 0.936. The van der Waals surface area contributed by atoms with E-state index < -0.39 is 0 Å². The molecule has 1 unspecified atom stereocenters. The zero-order valence-electron chi connectivity index (χ0n) is 10.8. The standard InChI is InChI=1S/C15H23N/c1-4-14-7-8-16(10-14)11-15-6-5-12(2)9-13(15)3/h5-6,9,14H,4,7-8,10-11H2,1-3H3. The number of nitrogens with zero attached hydrogens (tertiary/aromatic N) is 1. The lowest BCUT2D eigenvalue weighted by Crippen LogP contribution is -2.20. The van der Waals surface area contributed by atoms with Crippen molar-refractivity contribution in [1.29, 1.82) is 0 Å². The van der Waals surface area contributed by atoms with E-state index in [4.69, 9.17) is 0 Å². The number of hydrogen-bond donors (Lipinski definition) is 0. The third kappa shape index (κ3) is 2.65. The van der Waals surface area contributed by atoms with Gasteiger partial charge < -0.3 is 0 Å². The summed E-state index contributed by atoms with van der Waals surface area (Å²) in [5.41, 5.74) is 4.32. The number of rotatable bonds is 3. The topological polar surface area (TPSA) is 3.24 Å². The van der Waals surface area contributed by atoms with Gasteiger partial charge in [-0.2, -0.15) is 0 Å². The summed E-state index contributed by atoms with van der Waals surface area (Å²) in [5, 5.41) is 0. The Morgan fingerprint density at radius 1 is 1.31 bits per heavy atom.